The first kappa shape index (κ1) is 24.0. The van der Waals surface area contributed by atoms with Crippen LogP contribution in [0.4, 0.5) is 0 Å². The minimum Gasteiger partial charge on any atom is -0.493 e. The predicted octanol–water partition coefficient (Wildman–Crippen LogP) is 5.03. The van der Waals surface area contributed by atoms with E-state index in [2.05, 4.69) is 0 Å². The second-order valence-electron chi connectivity index (χ2n) is 9.19. The quantitative estimate of drug-likeness (QED) is 0.435. The highest BCUT2D eigenvalue weighted by Gasteiger charge is 2.40. The molecule has 1 atom stereocenters. The molecule has 2 amide bonds. The molecule has 0 bridgehead atoms. The van der Waals surface area contributed by atoms with Crippen LogP contribution in [0.15, 0.2) is 78.2 Å². The standard InChI is InChI=1S/C28H32N2O3S/c1-29(20-23-10-4-2-5-11-23)27(32)19-28(22-33-24-12-6-3-7-13-24)15-9-16-30(21-28)26(31)18-25-14-8-17-34-25/h2-8,10-14,17H,9,15-16,18-22H2,1H3/t28-/m1/s1. The van der Waals surface area contributed by atoms with Crippen LogP contribution in [0.25, 0.3) is 0 Å². The zero-order valence-corrected chi connectivity index (χ0v) is 20.5. The molecule has 4 rings (SSSR count). The monoisotopic (exact) mass is 476 g/mol. The number of thiophene rings is 1. The molecule has 0 spiro atoms. The van der Waals surface area contributed by atoms with Crippen molar-refractivity contribution in [2.45, 2.75) is 32.2 Å². The second kappa shape index (κ2) is 11.3. The smallest absolute Gasteiger partial charge is 0.227 e. The molecule has 178 valence electrons. The minimum atomic E-state index is -0.415. The third-order valence-corrected chi connectivity index (χ3v) is 7.30. The summed E-state index contributed by atoms with van der Waals surface area (Å²) in [5, 5.41) is 2.00. The summed E-state index contributed by atoms with van der Waals surface area (Å²) in [5.74, 6) is 0.985. The van der Waals surface area contributed by atoms with Crippen LogP contribution in [-0.4, -0.2) is 48.4 Å². The van der Waals surface area contributed by atoms with Gasteiger partial charge in [0.1, 0.15) is 5.75 Å². The van der Waals surface area contributed by atoms with Crippen molar-refractivity contribution in [1.29, 1.82) is 0 Å². The van der Waals surface area contributed by atoms with Gasteiger partial charge in [-0.1, -0.05) is 54.6 Å². The maximum atomic E-state index is 13.3. The first-order valence-electron chi connectivity index (χ1n) is 11.8. The van der Waals surface area contributed by atoms with E-state index in [1.54, 1.807) is 16.2 Å². The van der Waals surface area contributed by atoms with E-state index in [1.165, 1.54) is 0 Å². The van der Waals surface area contributed by atoms with E-state index >= 15 is 0 Å². The van der Waals surface area contributed by atoms with Crippen molar-refractivity contribution in [3.8, 4) is 5.75 Å². The van der Waals surface area contributed by atoms with Crippen molar-refractivity contribution in [1.82, 2.24) is 9.80 Å². The SMILES string of the molecule is CN(Cc1ccccc1)C(=O)C[C@]1(COc2ccccc2)CCCN(C(=O)Cc2cccs2)C1. The number of piperidine rings is 1. The molecule has 0 unspecified atom stereocenters. The molecule has 1 aliphatic rings. The Hall–Kier alpha value is -3.12. The van der Waals surface area contributed by atoms with Crippen molar-refractivity contribution >= 4 is 23.2 Å². The zero-order valence-electron chi connectivity index (χ0n) is 19.7. The lowest BCUT2D eigenvalue weighted by molar-refractivity contribution is -0.140. The van der Waals surface area contributed by atoms with Crippen LogP contribution in [0.3, 0.4) is 0 Å². The Balaban J connectivity index is 1.47. The third kappa shape index (κ3) is 6.48. The van der Waals surface area contributed by atoms with E-state index in [-0.39, 0.29) is 11.8 Å². The Morgan fingerprint density at radius 1 is 1.03 bits per heavy atom. The minimum absolute atomic E-state index is 0.0769. The molecule has 2 heterocycles. The van der Waals surface area contributed by atoms with Crippen LogP contribution >= 0.6 is 11.3 Å². The summed E-state index contributed by atoms with van der Waals surface area (Å²) in [7, 11) is 1.85. The maximum absolute atomic E-state index is 13.3. The van der Waals surface area contributed by atoms with Gasteiger partial charge in [0.25, 0.3) is 0 Å². The molecule has 0 radical (unpaired) electrons. The van der Waals surface area contributed by atoms with Gasteiger partial charge in [-0.3, -0.25) is 9.59 Å². The normalized spacial score (nSPS) is 17.9. The van der Waals surface area contributed by atoms with E-state index in [9.17, 15) is 9.59 Å². The summed E-state index contributed by atoms with van der Waals surface area (Å²) in [6.07, 6.45) is 2.48. The Bertz CT molecular complexity index is 1060. The van der Waals surface area contributed by atoms with Crippen molar-refractivity contribution in [3.63, 3.8) is 0 Å². The molecule has 1 saturated heterocycles. The van der Waals surface area contributed by atoms with Crippen LogP contribution in [-0.2, 0) is 22.6 Å². The number of carbonyl (C=O) groups is 2. The Kier molecular flexibility index (Phi) is 8.01. The maximum Gasteiger partial charge on any atom is 0.227 e. The fourth-order valence-electron chi connectivity index (χ4n) is 4.56. The molecule has 0 aliphatic carbocycles. The summed E-state index contributed by atoms with van der Waals surface area (Å²) < 4.78 is 6.18. The third-order valence-electron chi connectivity index (χ3n) is 6.42. The average molecular weight is 477 g/mol. The van der Waals surface area contributed by atoms with Crippen molar-refractivity contribution < 1.29 is 14.3 Å². The van der Waals surface area contributed by atoms with Crippen LogP contribution in [0.5, 0.6) is 5.75 Å². The number of hydrogen-bond donors (Lipinski definition) is 0. The number of likely N-dealkylation sites (tertiary alicyclic amines) is 1. The van der Waals surface area contributed by atoms with Crippen molar-refractivity contribution in [2.75, 3.05) is 26.7 Å². The van der Waals surface area contributed by atoms with Gasteiger partial charge >= 0.3 is 0 Å². The lowest BCUT2D eigenvalue weighted by Crippen LogP contribution is -2.51. The van der Waals surface area contributed by atoms with Crippen molar-refractivity contribution in [3.05, 3.63) is 88.6 Å². The fourth-order valence-corrected chi connectivity index (χ4v) is 5.26. The molecule has 1 aromatic heterocycles. The number of para-hydroxylation sites is 1. The summed E-state index contributed by atoms with van der Waals surface area (Å²) in [5.41, 5.74) is 0.686. The first-order chi connectivity index (χ1) is 16.5. The Morgan fingerprint density at radius 2 is 1.76 bits per heavy atom. The molecule has 6 heteroatoms. The number of ether oxygens (including phenoxy) is 1. The van der Waals surface area contributed by atoms with Gasteiger partial charge in [-0.15, -0.1) is 11.3 Å². The van der Waals surface area contributed by atoms with Gasteiger partial charge in [0.2, 0.25) is 11.8 Å². The molecule has 0 saturated carbocycles. The van der Waals surface area contributed by atoms with Gasteiger partial charge in [0.15, 0.2) is 0 Å². The molecule has 0 N–H and O–H groups in total. The summed E-state index contributed by atoms with van der Waals surface area (Å²) in [6.45, 7) is 2.24. The number of nitrogens with zero attached hydrogens (tertiary/aromatic N) is 2. The number of amides is 2. The lowest BCUT2D eigenvalue weighted by atomic mass is 9.77. The highest BCUT2D eigenvalue weighted by molar-refractivity contribution is 7.10. The molecular formula is C28H32N2O3S. The predicted molar refractivity (Wildman–Crippen MR) is 136 cm³/mol. The van der Waals surface area contributed by atoms with Gasteiger partial charge in [-0.2, -0.15) is 0 Å². The van der Waals surface area contributed by atoms with Gasteiger partial charge in [0, 0.05) is 43.4 Å². The summed E-state index contributed by atoms with van der Waals surface area (Å²) >= 11 is 1.61. The number of hydrogen-bond acceptors (Lipinski definition) is 4. The topological polar surface area (TPSA) is 49.9 Å². The number of rotatable bonds is 9. The number of benzene rings is 2. The average Bonchev–Trinajstić information content (AvgIpc) is 3.37. The van der Waals surface area contributed by atoms with Crippen LogP contribution in [0.2, 0.25) is 0 Å². The van der Waals surface area contributed by atoms with Gasteiger partial charge < -0.3 is 14.5 Å². The van der Waals surface area contributed by atoms with Gasteiger partial charge in [-0.25, -0.2) is 0 Å². The molecule has 34 heavy (non-hydrogen) atoms. The van der Waals surface area contributed by atoms with Gasteiger partial charge in [0.05, 0.1) is 13.0 Å². The van der Waals surface area contributed by atoms with E-state index in [4.69, 9.17) is 4.74 Å². The highest BCUT2D eigenvalue weighted by atomic mass is 32.1. The first-order valence-corrected chi connectivity index (χ1v) is 12.7. The highest BCUT2D eigenvalue weighted by Crippen LogP contribution is 2.35. The summed E-state index contributed by atoms with van der Waals surface area (Å²) in [6, 6.07) is 23.7. The fraction of sp³-hybridized carbons (Fsp3) is 0.357. The second-order valence-corrected chi connectivity index (χ2v) is 10.2. The van der Waals surface area contributed by atoms with Gasteiger partial charge in [-0.05, 0) is 42.0 Å². The van der Waals surface area contributed by atoms with Crippen LogP contribution in [0.1, 0.15) is 29.7 Å². The lowest BCUT2D eigenvalue weighted by Gasteiger charge is -2.43. The largest absolute Gasteiger partial charge is 0.493 e. The number of carbonyl (C=O) groups excluding carboxylic acids is 2. The molecule has 1 fully saturated rings. The molecule has 5 nitrogen and oxygen atoms in total. The summed E-state index contributed by atoms with van der Waals surface area (Å²) in [4.78, 5) is 31.2. The van der Waals surface area contributed by atoms with Crippen LogP contribution < -0.4 is 4.74 Å². The van der Waals surface area contributed by atoms with E-state index in [1.807, 2.05) is 90.1 Å². The molecule has 3 aromatic rings. The molecular weight excluding hydrogens is 444 g/mol. The molecule has 1 aliphatic heterocycles. The Morgan fingerprint density at radius 3 is 2.47 bits per heavy atom. The van der Waals surface area contributed by atoms with E-state index < -0.39 is 5.41 Å². The van der Waals surface area contributed by atoms with Crippen molar-refractivity contribution in [2.24, 2.45) is 5.41 Å². The Labute approximate surface area is 206 Å². The zero-order chi connectivity index (χ0) is 23.8. The molecule has 2 aromatic carbocycles. The van der Waals surface area contributed by atoms with E-state index in [0.29, 0.717) is 32.5 Å². The van der Waals surface area contributed by atoms with E-state index in [0.717, 1.165) is 35.6 Å². The van der Waals surface area contributed by atoms with Crippen LogP contribution in [0, 0.1) is 5.41 Å².